The summed E-state index contributed by atoms with van der Waals surface area (Å²) in [5, 5.41) is 2.89. The number of carbonyl (C=O) groups excluding carboxylic acids is 1. The van der Waals surface area contributed by atoms with Gasteiger partial charge in [0.15, 0.2) is 0 Å². The highest BCUT2D eigenvalue weighted by Crippen LogP contribution is 2.07. The number of amides is 1. The van der Waals surface area contributed by atoms with E-state index in [1.807, 2.05) is 4.72 Å². The number of nitrogens with one attached hydrogen (secondary N) is 2. The Morgan fingerprint density at radius 2 is 1.88 bits per heavy atom. The quantitative estimate of drug-likeness (QED) is 0.726. The summed E-state index contributed by atoms with van der Waals surface area (Å²) < 4.78 is 25.5. The molecule has 2 N–H and O–H groups in total. The molecular weight excluding hydrogens is 240 g/mol. The summed E-state index contributed by atoms with van der Waals surface area (Å²) in [6.07, 6.45) is 0.791. The highest BCUT2D eigenvalue weighted by molar-refractivity contribution is 7.90. The van der Waals surface area contributed by atoms with Gasteiger partial charge in [0.1, 0.15) is 0 Å². The SMILES string of the molecule is CNCCCC(=O)NS(=O)(=O)c1ccccc1. The van der Waals surface area contributed by atoms with Crippen LogP contribution < -0.4 is 10.0 Å². The van der Waals surface area contributed by atoms with Crippen LogP contribution in [0.1, 0.15) is 12.8 Å². The van der Waals surface area contributed by atoms with Gasteiger partial charge in [0.25, 0.3) is 10.0 Å². The van der Waals surface area contributed by atoms with Gasteiger partial charge in [-0.15, -0.1) is 0 Å². The zero-order valence-corrected chi connectivity index (χ0v) is 10.5. The van der Waals surface area contributed by atoms with E-state index < -0.39 is 15.9 Å². The molecule has 5 nitrogen and oxygen atoms in total. The van der Waals surface area contributed by atoms with Crippen LogP contribution in [0, 0.1) is 0 Å². The average molecular weight is 256 g/mol. The van der Waals surface area contributed by atoms with Gasteiger partial charge in [-0.25, -0.2) is 13.1 Å². The van der Waals surface area contributed by atoms with E-state index in [1.165, 1.54) is 12.1 Å². The van der Waals surface area contributed by atoms with Crippen LogP contribution in [0.5, 0.6) is 0 Å². The molecule has 1 amide bonds. The number of sulfonamides is 1. The minimum atomic E-state index is -3.72. The fraction of sp³-hybridized carbons (Fsp3) is 0.364. The normalized spacial score (nSPS) is 11.1. The molecule has 17 heavy (non-hydrogen) atoms. The Bertz CT molecular complexity index is 457. The molecule has 0 aliphatic heterocycles. The Morgan fingerprint density at radius 3 is 2.47 bits per heavy atom. The van der Waals surface area contributed by atoms with Crippen LogP contribution in [0.3, 0.4) is 0 Å². The number of hydrogen-bond donors (Lipinski definition) is 2. The standard InChI is InChI=1S/C11H16N2O3S/c1-12-9-5-8-11(14)13-17(15,16)10-6-3-2-4-7-10/h2-4,6-7,12H,5,8-9H2,1H3,(H,13,14). The van der Waals surface area contributed by atoms with Crippen LogP contribution in [0.4, 0.5) is 0 Å². The lowest BCUT2D eigenvalue weighted by atomic mass is 10.3. The lowest BCUT2D eigenvalue weighted by Crippen LogP contribution is -2.30. The van der Waals surface area contributed by atoms with E-state index in [9.17, 15) is 13.2 Å². The molecule has 0 fully saturated rings. The van der Waals surface area contributed by atoms with Crippen molar-refractivity contribution in [2.75, 3.05) is 13.6 Å². The Hall–Kier alpha value is -1.40. The maximum atomic E-state index is 11.7. The molecule has 0 radical (unpaired) electrons. The van der Waals surface area contributed by atoms with Gasteiger partial charge in [0.2, 0.25) is 5.91 Å². The highest BCUT2D eigenvalue weighted by Gasteiger charge is 2.16. The van der Waals surface area contributed by atoms with Crippen molar-refractivity contribution in [2.45, 2.75) is 17.7 Å². The maximum Gasteiger partial charge on any atom is 0.264 e. The van der Waals surface area contributed by atoms with Crippen molar-refractivity contribution in [1.29, 1.82) is 0 Å². The highest BCUT2D eigenvalue weighted by atomic mass is 32.2. The largest absolute Gasteiger partial charge is 0.320 e. The molecule has 0 unspecified atom stereocenters. The molecule has 0 atom stereocenters. The summed E-state index contributed by atoms with van der Waals surface area (Å²) in [7, 11) is -1.94. The summed E-state index contributed by atoms with van der Waals surface area (Å²) in [5.74, 6) is -0.482. The maximum absolute atomic E-state index is 11.7. The first-order valence-electron chi connectivity index (χ1n) is 5.31. The molecule has 0 aliphatic carbocycles. The smallest absolute Gasteiger partial charge is 0.264 e. The Morgan fingerprint density at radius 1 is 1.24 bits per heavy atom. The second kappa shape index (κ2) is 6.36. The molecule has 0 saturated carbocycles. The topological polar surface area (TPSA) is 75.3 Å². The molecule has 1 aromatic rings. The van der Waals surface area contributed by atoms with Crippen LogP contribution in [0.2, 0.25) is 0 Å². The van der Waals surface area contributed by atoms with Gasteiger partial charge in [-0.1, -0.05) is 18.2 Å². The van der Waals surface area contributed by atoms with Gasteiger partial charge in [-0.3, -0.25) is 4.79 Å². The molecule has 1 aromatic carbocycles. The van der Waals surface area contributed by atoms with E-state index in [1.54, 1.807) is 25.2 Å². The molecule has 6 heteroatoms. The minimum absolute atomic E-state index is 0.0990. The number of benzene rings is 1. The number of rotatable bonds is 6. The van der Waals surface area contributed by atoms with Crippen LogP contribution in [0.25, 0.3) is 0 Å². The zero-order valence-electron chi connectivity index (χ0n) is 9.64. The predicted octanol–water partition coefficient (Wildman–Crippen LogP) is 0.491. The van der Waals surface area contributed by atoms with E-state index in [2.05, 4.69) is 5.32 Å². The van der Waals surface area contributed by atoms with Crippen LogP contribution in [0.15, 0.2) is 35.2 Å². The minimum Gasteiger partial charge on any atom is -0.320 e. The summed E-state index contributed by atoms with van der Waals surface area (Å²) in [5.41, 5.74) is 0. The molecular formula is C11H16N2O3S. The lowest BCUT2D eigenvalue weighted by Gasteiger charge is -2.06. The van der Waals surface area contributed by atoms with E-state index >= 15 is 0 Å². The third-order valence-electron chi connectivity index (χ3n) is 2.13. The van der Waals surface area contributed by atoms with Crippen molar-refractivity contribution in [3.63, 3.8) is 0 Å². The molecule has 0 aromatic heterocycles. The third-order valence-corrected chi connectivity index (χ3v) is 3.52. The first kappa shape index (κ1) is 13.7. The number of hydrogen-bond acceptors (Lipinski definition) is 4. The molecule has 0 saturated heterocycles. The van der Waals surface area contributed by atoms with Crippen molar-refractivity contribution in [1.82, 2.24) is 10.0 Å². The fourth-order valence-corrected chi connectivity index (χ4v) is 2.32. The van der Waals surface area contributed by atoms with E-state index in [4.69, 9.17) is 0 Å². The van der Waals surface area contributed by atoms with E-state index in [0.29, 0.717) is 13.0 Å². The second-order valence-electron chi connectivity index (χ2n) is 3.55. The van der Waals surface area contributed by atoms with E-state index in [-0.39, 0.29) is 11.3 Å². The van der Waals surface area contributed by atoms with Crippen LogP contribution in [-0.4, -0.2) is 27.9 Å². The molecule has 0 aliphatic rings. The van der Waals surface area contributed by atoms with Gasteiger partial charge in [-0.2, -0.15) is 0 Å². The van der Waals surface area contributed by atoms with Crippen molar-refractivity contribution in [3.8, 4) is 0 Å². The summed E-state index contributed by atoms with van der Waals surface area (Å²) >= 11 is 0. The van der Waals surface area contributed by atoms with Crippen molar-refractivity contribution in [3.05, 3.63) is 30.3 Å². The first-order valence-corrected chi connectivity index (χ1v) is 6.80. The van der Waals surface area contributed by atoms with Gasteiger partial charge in [0, 0.05) is 6.42 Å². The predicted molar refractivity (Wildman–Crippen MR) is 64.9 cm³/mol. The Labute approximate surface area is 101 Å². The van der Waals surface area contributed by atoms with Crippen LogP contribution >= 0.6 is 0 Å². The fourth-order valence-electron chi connectivity index (χ4n) is 1.29. The summed E-state index contributed by atoms with van der Waals surface area (Å²) in [4.78, 5) is 11.5. The van der Waals surface area contributed by atoms with Crippen LogP contribution in [-0.2, 0) is 14.8 Å². The molecule has 0 bridgehead atoms. The van der Waals surface area contributed by atoms with Gasteiger partial charge < -0.3 is 5.32 Å². The number of carbonyl (C=O) groups is 1. The van der Waals surface area contributed by atoms with Crippen molar-refractivity contribution < 1.29 is 13.2 Å². The first-order chi connectivity index (χ1) is 8.06. The molecule has 94 valence electrons. The monoisotopic (exact) mass is 256 g/mol. The average Bonchev–Trinajstić information content (AvgIpc) is 2.30. The van der Waals surface area contributed by atoms with Crippen molar-refractivity contribution in [2.24, 2.45) is 0 Å². The molecule has 0 spiro atoms. The molecule has 1 rings (SSSR count). The molecule has 0 heterocycles. The summed E-state index contributed by atoms with van der Waals surface area (Å²) in [6, 6.07) is 7.83. The zero-order chi connectivity index (χ0) is 12.7. The third kappa shape index (κ3) is 4.54. The van der Waals surface area contributed by atoms with Gasteiger partial charge in [-0.05, 0) is 32.1 Å². The van der Waals surface area contributed by atoms with Gasteiger partial charge in [0.05, 0.1) is 4.90 Å². The summed E-state index contributed by atoms with van der Waals surface area (Å²) in [6.45, 7) is 0.679. The van der Waals surface area contributed by atoms with Gasteiger partial charge >= 0.3 is 0 Å². The lowest BCUT2D eigenvalue weighted by molar-refractivity contribution is -0.119. The van der Waals surface area contributed by atoms with Crippen molar-refractivity contribution >= 4 is 15.9 Å². The van der Waals surface area contributed by atoms with E-state index in [0.717, 1.165) is 0 Å². The Kier molecular flexibility index (Phi) is 5.11. The second-order valence-corrected chi connectivity index (χ2v) is 5.23. The Balaban J connectivity index is 2.59.